The first-order chi connectivity index (χ1) is 12.2. The van der Waals surface area contributed by atoms with Crippen molar-refractivity contribution in [2.45, 2.75) is 38.1 Å². The lowest BCUT2D eigenvalue weighted by Gasteiger charge is -2.22. The summed E-state index contributed by atoms with van der Waals surface area (Å²) in [4.78, 5) is 13.2. The Morgan fingerprint density at radius 1 is 1.15 bits per heavy atom. The third-order valence-corrected chi connectivity index (χ3v) is 5.91. The second-order valence-corrected chi connectivity index (χ2v) is 7.37. The molecular weight excluding hydrogens is 372 g/mol. The lowest BCUT2D eigenvalue weighted by atomic mass is 9.95. The maximum Gasteiger partial charge on any atom is 0.265 e. The quantitative estimate of drug-likeness (QED) is 0.692. The lowest BCUT2D eigenvalue weighted by Crippen LogP contribution is -2.37. The van der Waals surface area contributed by atoms with Crippen molar-refractivity contribution < 1.29 is 14.3 Å². The van der Waals surface area contributed by atoms with Crippen LogP contribution in [-0.2, 0) is 0 Å². The second kappa shape index (κ2) is 10.00. The molecule has 0 spiro atoms. The van der Waals surface area contributed by atoms with Crippen LogP contribution in [0.4, 0.5) is 0 Å². The zero-order chi connectivity index (χ0) is 17.6. The van der Waals surface area contributed by atoms with Crippen molar-refractivity contribution in [3.63, 3.8) is 0 Å². The Labute approximate surface area is 164 Å². The monoisotopic (exact) mass is 398 g/mol. The van der Waals surface area contributed by atoms with Crippen LogP contribution >= 0.6 is 23.7 Å². The topological polar surface area (TPSA) is 59.6 Å². The van der Waals surface area contributed by atoms with Gasteiger partial charge in [-0.25, -0.2) is 0 Å². The molecule has 3 rings (SSSR count). The summed E-state index contributed by atoms with van der Waals surface area (Å²) >= 11 is 1.41. The molecule has 7 heteroatoms. The molecule has 0 saturated heterocycles. The van der Waals surface area contributed by atoms with Crippen molar-refractivity contribution in [1.29, 1.82) is 0 Å². The molecule has 1 aliphatic rings. The van der Waals surface area contributed by atoms with E-state index in [-0.39, 0.29) is 18.3 Å². The van der Waals surface area contributed by atoms with Gasteiger partial charge >= 0.3 is 0 Å². The average Bonchev–Trinajstić information content (AvgIpc) is 3.04. The summed E-state index contributed by atoms with van der Waals surface area (Å²) < 4.78 is 11.8. The molecule has 26 heavy (non-hydrogen) atoms. The fourth-order valence-electron chi connectivity index (χ4n) is 3.42. The molecule has 1 aromatic heterocycles. The number of amides is 1. The average molecular weight is 399 g/mol. The van der Waals surface area contributed by atoms with E-state index in [0.29, 0.717) is 23.2 Å². The highest BCUT2D eigenvalue weighted by Gasteiger charge is 2.21. The second-order valence-electron chi connectivity index (χ2n) is 6.35. The van der Waals surface area contributed by atoms with E-state index in [1.807, 2.05) is 18.2 Å². The molecule has 1 saturated carbocycles. The number of hydrogen-bond acceptors (Lipinski definition) is 5. The normalized spacial score (nSPS) is 14.7. The van der Waals surface area contributed by atoms with Crippen LogP contribution < -0.4 is 20.1 Å². The number of fused-ring (bicyclic) bond motifs is 1. The number of thiophene rings is 1. The maximum atomic E-state index is 12.6. The van der Waals surface area contributed by atoms with Gasteiger partial charge in [0.15, 0.2) is 0 Å². The van der Waals surface area contributed by atoms with E-state index in [2.05, 4.69) is 10.6 Å². The summed E-state index contributed by atoms with van der Waals surface area (Å²) in [6, 6.07) is 6.36. The van der Waals surface area contributed by atoms with Gasteiger partial charge in [-0.2, -0.15) is 0 Å². The minimum Gasteiger partial charge on any atom is -0.495 e. The Kier molecular flexibility index (Phi) is 8.00. The highest BCUT2D eigenvalue weighted by atomic mass is 35.5. The molecule has 0 bridgehead atoms. The molecule has 0 atom stereocenters. The fraction of sp³-hybridized carbons (Fsp3) is 0.526. The van der Waals surface area contributed by atoms with Crippen molar-refractivity contribution in [1.82, 2.24) is 10.6 Å². The first kappa shape index (κ1) is 20.8. The van der Waals surface area contributed by atoms with E-state index >= 15 is 0 Å². The summed E-state index contributed by atoms with van der Waals surface area (Å²) in [7, 11) is 3.24. The highest BCUT2D eigenvalue weighted by Crippen LogP contribution is 2.42. The van der Waals surface area contributed by atoms with Crippen molar-refractivity contribution >= 4 is 39.7 Å². The first-order valence-corrected chi connectivity index (χ1v) is 9.71. The van der Waals surface area contributed by atoms with E-state index in [9.17, 15) is 4.79 Å². The Morgan fingerprint density at radius 3 is 2.62 bits per heavy atom. The van der Waals surface area contributed by atoms with Crippen molar-refractivity contribution in [3.05, 3.63) is 23.1 Å². The van der Waals surface area contributed by atoms with Gasteiger partial charge in [0.1, 0.15) is 16.4 Å². The van der Waals surface area contributed by atoms with Crippen LogP contribution in [0.3, 0.4) is 0 Å². The molecule has 0 unspecified atom stereocenters. The number of carbonyl (C=O) groups is 1. The van der Waals surface area contributed by atoms with E-state index in [1.54, 1.807) is 14.2 Å². The summed E-state index contributed by atoms with van der Waals surface area (Å²) in [6.45, 7) is 1.41. The predicted octanol–water partition coefficient (Wildman–Crippen LogP) is 3.99. The zero-order valence-corrected chi connectivity index (χ0v) is 16.9. The number of nitrogens with one attached hydrogen (secondary N) is 2. The van der Waals surface area contributed by atoms with Crippen LogP contribution in [0, 0.1) is 0 Å². The number of carbonyl (C=O) groups excluding carboxylic acids is 1. The molecule has 2 N–H and O–H groups in total. The van der Waals surface area contributed by atoms with Gasteiger partial charge in [0.2, 0.25) is 0 Å². The van der Waals surface area contributed by atoms with Gasteiger partial charge in [-0.3, -0.25) is 4.79 Å². The SMILES string of the molecule is COc1c(C(=O)NCCNC2CCCCC2)sc2c(OC)cccc12.Cl. The van der Waals surface area contributed by atoms with Crippen molar-refractivity contribution in [2.75, 3.05) is 27.3 Å². The molecule has 5 nitrogen and oxygen atoms in total. The van der Waals surface area contributed by atoms with Crippen LogP contribution in [0.25, 0.3) is 10.1 Å². The number of benzene rings is 1. The minimum atomic E-state index is -0.0921. The Bertz CT molecular complexity index is 729. The zero-order valence-electron chi connectivity index (χ0n) is 15.3. The molecule has 1 aliphatic carbocycles. The highest BCUT2D eigenvalue weighted by molar-refractivity contribution is 7.21. The standard InChI is InChI=1S/C19H26N2O3S.ClH/c1-23-15-10-6-9-14-16(24-2)18(25-17(14)15)19(22)21-12-11-20-13-7-4-3-5-8-13;/h6,9-10,13,20H,3-5,7-8,11-12H2,1-2H3,(H,21,22);1H. The fourth-order valence-corrected chi connectivity index (χ4v) is 4.60. The van der Waals surface area contributed by atoms with Crippen LogP contribution in [-0.4, -0.2) is 39.3 Å². The molecular formula is C19H27ClN2O3S. The number of ether oxygens (including phenoxy) is 2. The summed E-state index contributed by atoms with van der Waals surface area (Å²) in [5.74, 6) is 1.29. The molecule has 2 aromatic rings. The first-order valence-electron chi connectivity index (χ1n) is 8.89. The smallest absolute Gasteiger partial charge is 0.265 e. The molecule has 1 heterocycles. The van der Waals surface area contributed by atoms with Crippen molar-refractivity contribution in [2.24, 2.45) is 0 Å². The summed E-state index contributed by atoms with van der Waals surface area (Å²) in [6.07, 6.45) is 6.47. The van der Waals surface area contributed by atoms with Gasteiger partial charge in [-0.1, -0.05) is 25.3 Å². The van der Waals surface area contributed by atoms with Gasteiger partial charge in [0.25, 0.3) is 5.91 Å². The van der Waals surface area contributed by atoms with Crippen LogP contribution in [0.15, 0.2) is 18.2 Å². The van der Waals surface area contributed by atoms with Gasteiger partial charge in [-0.15, -0.1) is 23.7 Å². The molecule has 1 fully saturated rings. The molecule has 144 valence electrons. The molecule has 1 aromatic carbocycles. The number of rotatable bonds is 7. The van der Waals surface area contributed by atoms with E-state index in [4.69, 9.17) is 9.47 Å². The molecule has 1 amide bonds. The van der Waals surface area contributed by atoms with Gasteiger partial charge in [0.05, 0.1) is 18.9 Å². The number of methoxy groups -OCH3 is 2. The number of halogens is 1. The third-order valence-electron chi connectivity index (χ3n) is 4.71. The van der Waals surface area contributed by atoms with E-state index in [0.717, 1.165) is 22.4 Å². The summed E-state index contributed by atoms with van der Waals surface area (Å²) in [5.41, 5.74) is 0. The van der Waals surface area contributed by atoms with Gasteiger partial charge in [-0.05, 0) is 25.0 Å². The van der Waals surface area contributed by atoms with Crippen LogP contribution in [0.5, 0.6) is 11.5 Å². The van der Waals surface area contributed by atoms with E-state index < -0.39 is 0 Å². The third kappa shape index (κ3) is 4.61. The largest absolute Gasteiger partial charge is 0.495 e. The van der Waals surface area contributed by atoms with Gasteiger partial charge in [0, 0.05) is 24.5 Å². The summed E-state index contributed by atoms with van der Waals surface area (Å²) in [5, 5.41) is 7.45. The number of hydrogen-bond donors (Lipinski definition) is 2. The van der Waals surface area contributed by atoms with Crippen LogP contribution in [0.2, 0.25) is 0 Å². The predicted molar refractivity (Wildman–Crippen MR) is 109 cm³/mol. The Morgan fingerprint density at radius 2 is 1.92 bits per heavy atom. The Hall–Kier alpha value is -1.50. The Balaban J connectivity index is 0.00000243. The molecule has 0 aliphatic heterocycles. The van der Waals surface area contributed by atoms with Gasteiger partial charge < -0.3 is 20.1 Å². The lowest BCUT2D eigenvalue weighted by molar-refractivity contribution is 0.0955. The van der Waals surface area contributed by atoms with Crippen LogP contribution in [0.1, 0.15) is 41.8 Å². The molecule has 0 radical (unpaired) electrons. The van der Waals surface area contributed by atoms with Crippen molar-refractivity contribution in [3.8, 4) is 11.5 Å². The maximum absolute atomic E-state index is 12.6. The van der Waals surface area contributed by atoms with E-state index in [1.165, 1.54) is 43.4 Å². The minimum absolute atomic E-state index is 0.